The van der Waals surface area contributed by atoms with Crippen LogP contribution >= 0.6 is 0 Å². The van der Waals surface area contributed by atoms with E-state index in [1.807, 2.05) is 18.2 Å². The van der Waals surface area contributed by atoms with Crippen molar-refractivity contribution in [2.24, 2.45) is 0 Å². The van der Waals surface area contributed by atoms with E-state index in [0.29, 0.717) is 13.2 Å². The van der Waals surface area contributed by atoms with Crippen molar-refractivity contribution < 1.29 is 9.53 Å². The molecule has 26 heavy (non-hydrogen) atoms. The lowest BCUT2D eigenvalue weighted by atomic mass is 9.87. The molecule has 0 radical (unpaired) electrons. The zero-order valence-corrected chi connectivity index (χ0v) is 15.6. The van der Waals surface area contributed by atoms with Crippen LogP contribution in [0.25, 0.3) is 0 Å². The number of aromatic nitrogens is 1. The molecule has 0 bridgehead atoms. The van der Waals surface area contributed by atoms with Crippen molar-refractivity contribution in [3.8, 4) is 11.9 Å². The van der Waals surface area contributed by atoms with Gasteiger partial charge in [0.15, 0.2) is 0 Å². The summed E-state index contributed by atoms with van der Waals surface area (Å²) in [5.41, 5.74) is 8.58. The smallest absolute Gasteiger partial charge is 0.270 e. The van der Waals surface area contributed by atoms with Gasteiger partial charge in [-0.25, -0.2) is 4.98 Å². The molecule has 0 saturated heterocycles. The molecule has 3 N–H and O–H groups in total. The molecule has 1 aromatic carbocycles. The van der Waals surface area contributed by atoms with Crippen molar-refractivity contribution in [2.45, 2.75) is 39.7 Å². The van der Waals surface area contributed by atoms with Crippen LogP contribution in [-0.2, 0) is 12.0 Å². The highest BCUT2D eigenvalue weighted by Crippen LogP contribution is 2.23. The molecule has 136 valence electrons. The van der Waals surface area contributed by atoms with Gasteiger partial charge in [-0.3, -0.25) is 4.79 Å². The lowest BCUT2D eigenvalue weighted by Gasteiger charge is -2.19. The largest absolute Gasteiger partial charge is 0.477 e. The summed E-state index contributed by atoms with van der Waals surface area (Å²) >= 11 is 0. The third-order valence-corrected chi connectivity index (χ3v) is 3.92. The Balaban J connectivity index is 2.12. The number of carbonyl (C=O) groups is 1. The van der Waals surface area contributed by atoms with Gasteiger partial charge in [-0.15, -0.1) is 0 Å². The molecular formula is C20H24N4O2. The summed E-state index contributed by atoms with van der Waals surface area (Å²) in [6.45, 7) is 8.93. The van der Waals surface area contributed by atoms with Crippen LogP contribution in [0.5, 0.6) is 5.88 Å². The van der Waals surface area contributed by atoms with E-state index in [4.69, 9.17) is 15.7 Å². The maximum Gasteiger partial charge on any atom is 0.270 e. The predicted molar refractivity (Wildman–Crippen MR) is 101 cm³/mol. The van der Waals surface area contributed by atoms with Gasteiger partial charge in [-0.1, -0.05) is 45.0 Å². The van der Waals surface area contributed by atoms with E-state index < -0.39 is 0 Å². The molecule has 0 saturated carbocycles. The van der Waals surface area contributed by atoms with Crippen molar-refractivity contribution >= 4 is 11.6 Å². The minimum atomic E-state index is -0.373. The molecule has 0 atom stereocenters. The van der Waals surface area contributed by atoms with E-state index in [1.54, 1.807) is 6.92 Å². The molecule has 0 aliphatic rings. The number of benzene rings is 1. The summed E-state index contributed by atoms with van der Waals surface area (Å²) in [5, 5.41) is 11.9. The average Bonchev–Trinajstić information content (AvgIpc) is 2.59. The molecule has 0 aliphatic carbocycles. The van der Waals surface area contributed by atoms with Crippen LogP contribution in [0.15, 0.2) is 30.3 Å². The van der Waals surface area contributed by atoms with Gasteiger partial charge in [0, 0.05) is 6.54 Å². The summed E-state index contributed by atoms with van der Waals surface area (Å²) in [6.07, 6.45) is 0. The van der Waals surface area contributed by atoms with Crippen LogP contribution < -0.4 is 15.8 Å². The number of rotatable bonds is 5. The van der Waals surface area contributed by atoms with Gasteiger partial charge in [0.05, 0.1) is 12.3 Å². The molecule has 2 rings (SSSR count). The first kappa shape index (κ1) is 19.3. The van der Waals surface area contributed by atoms with Gasteiger partial charge in [0.2, 0.25) is 5.88 Å². The topological polar surface area (TPSA) is 101 Å². The number of pyridine rings is 1. The highest BCUT2D eigenvalue weighted by atomic mass is 16.5. The summed E-state index contributed by atoms with van der Waals surface area (Å²) in [7, 11) is 0. The Morgan fingerprint density at radius 2 is 1.96 bits per heavy atom. The van der Waals surface area contributed by atoms with Crippen molar-refractivity contribution in [1.29, 1.82) is 5.26 Å². The second-order valence-corrected chi connectivity index (χ2v) is 6.95. The number of amides is 1. The number of nitrogen functional groups attached to an aromatic ring is 1. The van der Waals surface area contributed by atoms with Crippen LogP contribution in [0, 0.1) is 11.3 Å². The normalized spacial score (nSPS) is 10.9. The molecule has 0 aliphatic heterocycles. The van der Waals surface area contributed by atoms with E-state index >= 15 is 0 Å². The highest BCUT2D eigenvalue weighted by Gasteiger charge is 2.16. The number of nitrogens with two attached hydrogens (primary N) is 1. The maximum atomic E-state index is 12.4. The monoisotopic (exact) mass is 352 g/mol. The second-order valence-electron chi connectivity index (χ2n) is 6.95. The number of hydrogen-bond donors (Lipinski definition) is 2. The van der Waals surface area contributed by atoms with Gasteiger partial charge in [-0.05, 0) is 29.5 Å². The van der Waals surface area contributed by atoms with Crippen LogP contribution in [-0.4, -0.2) is 17.5 Å². The Bertz CT molecular complexity index is 831. The van der Waals surface area contributed by atoms with Crippen LogP contribution in [0.2, 0.25) is 0 Å². The lowest BCUT2D eigenvalue weighted by Crippen LogP contribution is -2.24. The zero-order valence-electron chi connectivity index (χ0n) is 15.6. The number of nitrogens with one attached hydrogen (secondary N) is 1. The number of hydrogen-bond acceptors (Lipinski definition) is 5. The molecule has 0 spiro atoms. The van der Waals surface area contributed by atoms with E-state index in [1.165, 1.54) is 11.6 Å². The standard InChI is InChI=1S/C20H24N4O2/c1-5-26-19-15(11-21)16(22)10-17(24-19)18(25)23-12-13-6-8-14(9-7-13)20(2,3)4/h6-10H,5,12H2,1-4H3,(H2,22,24)(H,23,25). The van der Waals surface area contributed by atoms with Gasteiger partial charge in [0.1, 0.15) is 17.3 Å². The fourth-order valence-corrected chi connectivity index (χ4v) is 2.41. The molecule has 2 aromatic rings. The molecule has 6 nitrogen and oxygen atoms in total. The Hall–Kier alpha value is -3.07. The Morgan fingerprint density at radius 3 is 2.50 bits per heavy atom. The van der Waals surface area contributed by atoms with Crippen molar-refractivity contribution in [3.63, 3.8) is 0 Å². The average molecular weight is 352 g/mol. The van der Waals surface area contributed by atoms with Gasteiger partial charge in [0.25, 0.3) is 5.91 Å². The lowest BCUT2D eigenvalue weighted by molar-refractivity contribution is 0.0945. The Kier molecular flexibility index (Phi) is 5.83. The molecule has 1 amide bonds. The van der Waals surface area contributed by atoms with Crippen LogP contribution in [0.3, 0.4) is 0 Å². The third-order valence-electron chi connectivity index (χ3n) is 3.92. The van der Waals surface area contributed by atoms with Crippen molar-refractivity contribution in [2.75, 3.05) is 12.3 Å². The first-order chi connectivity index (χ1) is 12.3. The fourth-order valence-electron chi connectivity index (χ4n) is 2.41. The number of nitrogens with zero attached hydrogens (tertiary/aromatic N) is 2. The molecule has 6 heteroatoms. The SMILES string of the molecule is CCOc1nc(C(=O)NCc2ccc(C(C)(C)C)cc2)cc(N)c1C#N. The number of anilines is 1. The Morgan fingerprint density at radius 1 is 1.31 bits per heavy atom. The summed E-state index contributed by atoms with van der Waals surface area (Å²) in [5.74, 6) is -0.295. The van der Waals surface area contributed by atoms with Gasteiger partial charge < -0.3 is 15.8 Å². The number of ether oxygens (including phenoxy) is 1. The highest BCUT2D eigenvalue weighted by molar-refractivity contribution is 5.93. The van der Waals surface area contributed by atoms with Gasteiger partial charge in [-0.2, -0.15) is 5.26 Å². The van der Waals surface area contributed by atoms with E-state index in [-0.39, 0.29) is 34.1 Å². The first-order valence-electron chi connectivity index (χ1n) is 8.47. The molecule has 1 heterocycles. The second kappa shape index (κ2) is 7.87. The molecule has 0 fully saturated rings. The van der Waals surface area contributed by atoms with E-state index in [2.05, 4.69) is 43.2 Å². The minimum absolute atomic E-state index is 0.0784. The minimum Gasteiger partial charge on any atom is -0.477 e. The van der Waals surface area contributed by atoms with Crippen LogP contribution in [0.4, 0.5) is 5.69 Å². The maximum absolute atomic E-state index is 12.4. The number of carbonyl (C=O) groups excluding carboxylic acids is 1. The van der Waals surface area contributed by atoms with Crippen LogP contribution in [0.1, 0.15) is 54.9 Å². The molecular weight excluding hydrogens is 328 g/mol. The van der Waals surface area contributed by atoms with Crippen molar-refractivity contribution in [3.05, 3.63) is 52.7 Å². The molecule has 1 aromatic heterocycles. The number of nitriles is 1. The Labute approximate surface area is 154 Å². The molecule has 0 unspecified atom stereocenters. The summed E-state index contributed by atoms with van der Waals surface area (Å²) in [4.78, 5) is 16.5. The first-order valence-corrected chi connectivity index (χ1v) is 8.47. The van der Waals surface area contributed by atoms with E-state index in [0.717, 1.165) is 5.56 Å². The fraction of sp³-hybridized carbons (Fsp3) is 0.350. The van der Waals surface area contributed by atoms with Gasteiger partial charge >= 0.3 is 0 Å². The third kappa shape index (κ3) is 4.51. The quantitative estimate of drug-likeness (QED) is 0.861. The summed E-state index contributed by atoms with van der Waals surface area (Å²) < 4.78 is 5.31. The van der Waals surface area contributed by atoms with Crippen molar-refractivity contribution in [1.82, 2.24) is 10.3 Å². The zero-order chi connectivity index (χ0) is 19.3. The predicted octanol–water partition coefficient (Wildman–Crippen LogP) is 3.16. The summed E-state index contributed by atoms with van der Waals surface area (Å²) in [6, 6.07) is 11.4. The van der Waals surface area contributed by atoms with E-state index in [9.17, 15) is 4.79 Å².